The van der Waals surface area contributed by atoms with Gasteiger partial charge in [-0.25, -0.2) is 9.97 Å². The second-order valence-corrected chi connectivity index (χ2v) is 10.2. The number of imidazole rings is 1. The van der Waals surface area contributed by atoms with Crippen LogP contribution in [0.5, 0.6) is 5.88 Å². The maximum absolute atomic E-state index is 14.2. The Morgan fingerprint density at radius 2 is 1.92 bits per heavy atom. The van der Waals surface area contributed by atoms with Gasteiger partial charge in [-0.05, 0) is 74.8 Å². The summed E-state index contributed by atoms with van der Waals surface area (Å²) in [6.07, 6.45) is 1.77. The second-order valence-electron chi connectivity index (χ2n) is 9.81. The fourth-order valence-corrected chi connectivity index (χ4v) is 5.35. The van der Waals surface area contributed by atoms with Crippen LogP contribution < -0.4 is 15.0 Å². The molecule has 5 rings (SSSR count). The summed E-state index contributed by atoms with van der Waals surface area (Å²) in [5.41, 5.74) is 5.86. The molecule has 39 heavy (non-hydrogen) atoms. The number of nitrogens with one attached hydrogen (secondary N) is 1. The topological polar surface area (TPSA) is 96.1 Å². The Balaban J connectivity index is 1.79. The molecule has 0 aliphatic carbocycles. The van der Waals surface area contributed by atoms with Crippen LogP contribution in [0, 0.1) is 18.3 Å². The first-order valence-electron chi connectivity index (χ1n) is 12.7. The van der Waals surface area contributed by atoms with E-state index in [-0.39, 0.29) is 11.9 Å². The number of hydrogen-bond acceptors (Lipinski definition) is 6. The van der Waals surface area contributed by atoms with Crippen molar-refractivity contribution in [3.63, 3.8) is 0 Å². The van der Waals surface area contributed by atoms with Crippen molar-refractivity contribution >= 4 is 23.2 Å². The maximum atomic E-state index is 14.2. The Kier molecular flexibility index (Phi) is 7.13. The van der Waals surface area contributed by atoms with E-state index < -0.39 is 6.04 Å². The molecule has 0 radical (unpaired) electrons. The summed E-state index contributed by atoms with van der Waals surface area (Å²) >= 11 is 6.40. The average molecular weight is 541 g/mol. The van der Waals surface area contributed by atoms with Crippen molar-refractivity contribution in [3.05, 3.63) is 93.4 Å². The minimum absolute atomic E-state index is 0.0389. The fourth-order valence-electron chi connectivity index (χ4n) is 5.19. The minimum Gasteiger partial charge on any atom is -0.480 e. The van der Waals surface area contributed by atoms with E-state index in [9.17, 15) is 10.1 Å². The quantitative estimate of drug-likeness (QED) is 0.316. The number of amides is 1. The molecule has 1 amide bonds. The zero-order chi connectivity index (χ0) is 27.8. The van der Waals surface area contributed by atoms with Gasteiger partial charge in [-0.3, -0.25) is 9.69 Å². The molecule has 1 unspecified atom stereocenters. The van der Waals surface area contributed by atoms with Crippen molar-refractivity contribution in [2.75, 3.05) is 19.1 Å². The molecule has 1 aliphatic heterocycles. The molecule has 0 saturated carbocycles. The third-order valence-corrected chi connectivity index (χ3v) is 7.15. The molecular weight excluding hydrogens is 512 g/mol. The van der Waals surface area contributed by atoms with Crippen molar-refractivity contribution in [3.8, 4) is 23.3 Å². The highest BCUT2D eigenvalue weighted by molar-refractivity contribution is 6.31. The SMILES string of the molecule is CNCc1cnc(OC)c(-c2nc3c(n2C(C)C)C(c2ccc(C#N)cc2)N(c2cc(Cl)ccc2C)C3=O)c1. The van der Waals surface area contributed by atoms with E-state index in [4.69, 9.17) is 21.3 Å². The number of rotatable bonds is 7. The zero-order valence-corrected chi connectivity index (χ0v) is 23.2. The van der Waals surface area contributed by atoms with Gasteiger partial charge in [-0.1, -0.05) is 29.8 Å². The summed E-state index contributed by atoms with van der Waals surface area (Å²) in [5, 5.41) is 13.1. The lowest BCUT2D eigenvalue weighted by Crippen LogP contribution is -2.31. The van der Waals surface area contributed by atoms with Crippen molar-refractivity contribution in [1.82, 2.24) is 19.9 Å². The first-order chi connectivity index (χ1) is 18.8. The number of carbonyl (C=O) groups excluding carboxylic acids is 1. The molecule has 8 nitrogen and oxygen atoms in total. The number of benzene rings is 2. The predicted molar refractivity (Wildman–Crippen MR) is 151 cm³/mol. The number of hydrogen-bond donors (Lipinski definition) is 1. The van der Waals surface area contributed by atoms with Crippen molar-refractivity contribution < 1.29 is 9.53 Å². The maximum Gasteiger partial charge on any atom is 0.279 e. The van der Waals surface area contributed by atoms with Crippen LogP contribution in [-0.2, 0) is 6.54 Å². The lowest BCUT2D eigenvalue weighted by molar-refractivity contribution is 0.0989. The number of fused-ring (bicyclic) bond motifs is 1. The number of nitrogens with zero attached hydrogens (tertiary/aromatic N) is 5. The van der Waals surface area contributed by atoms with Gasteiger partial charge in [0.1, 0.15) is 11.9 Å². The molecule has 0 saturated heterocycles. The molecule has 1 atom stereocenters. The Hall–Kier alpha value is -4.19. The van der Waals surface area contributed by atoms with Crippen molar-refractivity contribution in [2.45, 2.75) is 39.4 Å². The van der Waals surface area contributed by atoms with Crippen molar-refractivity contribution in [1.29, 1.82) is 5.26 Å². The average Bonchev–Trinajstić information content (AvgIpc) is 3.45. The van der Waals surface area contributed by atoms with Crippen molar-refractivity contribution in [2.24, 2.45) is 0 Å². The number of carbonyl (C=O) groups is 1. The number of halogens is 1. The van der Waals surface area contributed by atoms with Crippen LogP contribution in [-0.4, -0.2) is 34.6 Å². The van der Waals surface area contributed by atoms with E-state index in [1.165, 1.54) is 0 Å². The Morgan fingerprint density at radius 1 is 1.18 bits per heavy atom. The first-order valence-corrected chi connectivity index (χ1v) is 13.1. The summed E-state index contributed by atoms with van der Waals surface area (Å²) in [6.45, 7) is 6.71. The van der Waals surface area contributed by atoms with Crippen LogP contribution in [0.1, 0.15) is 64.4 Å². The van der Waals surface area contributed by atoms with Gasteiger partial charge in [0.05, 0.1) is 30.0 Å². The van der Waals surface area contributed by atoms with Crippen LogP contribution in [0.3, 0.4) is 0 Å². The molecule has 2 aromatic heterocycles. The Bertz CT molecular complexity index is 1600. The highest BCUT2D eigenvalue weighted by atomic mass is 35.5. The molecule has 0 spiro atoms. The summed E-state index contributed by atoms with van der Waals surface area (Å²) in [7, 11) is 3.45. The smallest absolute Gasteiger partial charge is 0.279 e. The molecular formula is C30H29ClN6O2. The van der Waals surface area contributed by atoms with Crippen LogP contribution >= 0.6 is 11.6 Å². The monoisotopic (exact) mass is 540 g/mol. The molecule has 2 aromatic carbocycles. The third-order valence-electron chi connectivity index (χ3n) is 6.91. The summed E-state index contributed by atoms with van der Waals surface area (Å²) in [4.78, 5) is 25.4. The number of anilines is 1. The van der Waals surface area contributed by atoms with Gasteiger partial charge in [0, 0.05) is 29.5 Å². The lowest BCUT2D eigenvalue weighted by atomic mass is 10.0. The number of pyridine rings is 1. The first kappa shape index (κ1) is 26.4. The van der Waals surface area contributed by atoms with Gasteiger partial charge in [0.15, 0.2) is 5.69 Å². The van der Waals surface area contributed by atoms with E-state index in [2.05, 4.69) is 34.8 Å². The van der Waals surface area contributed by atoms with Gasteiger partial charge in [-0.2, -0.15) is 5.26 Å². The van der Waals surface area contributed by atoms with Gasteiger partial charge in [0.2, 0.25) is 5.88 Å². The number of methoxy groups -OCH3 is 1. The van der Waals surface area contributed by atoms with E-state index in [0.29, 0.717) is 45.8 Å². The van der Waals surface area contributed by atoms with Gasteiger partial charge in [0.25, 0.3) is 5.91 Å². The predicted octanol–water partition coefficient (Wildman–Crippen LogP) is 5.84. The molecule has 3 heterocycles. The van der Waals surface area contributed by atoms with Gasteiger partial charge < -0.3 is 14.6 Å². The number of aryl methyl sites for hydroxylation is 1. The van der Waals surface area contributed by atoms with E-state index >= 15 is 0 Å². The molecule has 0 bridgehead atoms. The normalized spacial score (nSPS) is 14.6. The van der Waals surface area contributed by atoms with E-state index in [0.717, 1.165) is 22.4 Å². The summed E-state index contributed by atoms with van der Waals surface area (Å²) in [5.74, 6) is 0.834. The number of nitriles is 1. The van der Waals surface area contributed by atoms with Crippen LogP contribution in [0.2, 0.25) is 5.02 Å². The molecule has 1 aliphatic rings. The second kappa shape index (κ2) is 10.5. The standard InChI is InChI=1S/C30H29ClN6O2/c1-17(2)36-27-25(35-28(36)23-12-20(15-33-4)16-34-29(23)39-5)30(38)37(24-13-22(31)11-6-18(24)3)26(27)21-9-7-19(14-32)8-10-21/h6-13,16-17,26,33H,15H2,1-5H3. The molecule has 9 heteroatoms. The lowest BCUT2D eigenvalue weighted by Gasteiger charge is -2.29. The fraction of sp³-hybridized carbons (Fsp3) is 0.267. The highest BCUT2D eigenvalue weighted by Gasteiger charge is 2.45. The molecule has 0 fully saturated rings. The van der Waals surface area contributed by atoms with Crippen LogP contribution in [0.25, 0.3) is 11.4 Å². The number of ether oxygens (including phenoxy) is 1. The molecule has 1 N–H and O–H groups in total. The van der Waals surface area contributed by atoms with Gasteiger partial charge >= 0.3 is 0 Å². The zero-order valence-electron chi connectivity index (χ0n) is 22.5. The molecule has 4 aromatic rings. The Labute approximate surface area is 232 Å². The highest BCUT2D eigenvalue weighted by Crippen LogP contribution is 2.46. The molecule has 198 valence electrons. The van der Waals surface area contributed by atoms with Crippen LogP contribution in [0.15, 0.2) is 54.7 Å². The van der Waals surface area contributed by atoms with E-state index in [1.54, 1.807) is 30.3 Å². The Morgan fingerprint density at radius 3 is 2.56 bits per heavy atom. The van der Waals surface area contributed by atoms with Crippen LogP contribution in [0.4, 0.5) is 5.69 Å². The third kappa shape index (κ3) is 4.54. The minimum atomic E-state index is -0.486. The summed E-state index contributed by atoms with van der Waals surface area (Å²) < 4.78 is 7.72. The number of aromatic nitrogens is 3. The summed E-state index contributed by atoms with van der Waals surface area (Å²) in [6, 6.07) is 16.5. The largest absolute Gasteiger partial charge is 0.480 e. The van der Waals surface area contributed by atoms with Gasteiger partial charge in [-0.15, -0.1) is 0 Å². The van der Waals surface area contributed by atoms with E-state index in [1.807, 2.05) is 50.4 Å².